The number of aliphatic carboxylic acids is 1. The first-order chi connectivity index (χ1) is 12.0. The average Bonchev–Trinajstić information content (AvgIpc) is 3.04. The second kappa shape index (κ2) is 6.96. The van der Waals surface area contributed by atoms with Crippen molar-refractivity contribution in [3.8, 4) is 5.75 Å². The zero-order valence-electron chi connectivity index (χ0n) is 13.8. The summed E-state index contributed by atoms with van der Waals surface area (Å²) in [5, 5.41) is 12.0. The summed E-state index contributed by atoms with van der Waals surface area (Å²) in [6.45, 7) is 1.61. The molecule has 7 nitrogen and oxygen atoms in total. The molecule has 1 aliphatic rings. The minimum atomic E-state index is -0.981. The van der Waals surface area contributed by atoms with Crippen LogP contribution < -0.4 is 15.7 Å². The van der Waals surface area contributed by atoms with Gasteiger partial charge in [0.15, 0.2) is 6.10 Å². The van der Waals surface area contributed by atoms with Crippen LogP contribution in [0.1, 0.15) is 30.9 Å². The van der Waals surface area contributed by atoms with Gasteiger partial charge in [0, 0.05) is 23.6 Å². The Labute approximate surface area is 143 Å². The lowest BCUT2D eigenvalue weighted by atomic mass is 10.1. The fourth-order valence-electron chi connectivity index (χ4n) is 3.03. The summed E-state index contributed by atoms with van der Waals surface area (Å²) in [6.07, 6.45) is 1.61. The minimum Gasteiger partial charge on any atom is -0.481 e. The van der Waals surface area contributed by atoms with Crippen molar-refractivity contribution in [3.63, 3.8) is 0 Å². The Kier molecular flexibility index (Phi) is 4.74. The molecule has 1 aromatic carbocycles. The molecule has 3 rings (SSSR count). The van der Waals surface area contributed by atoms with E-state index in [1.165, 1.54) is 0 Å². The number of hydrogen-bond donors (Lipinski definition) is 2. The smallest absolute Gasteiger partial charge is 0.339 e. The van der Waals surface area contributed by atoms with Crippen LogP contribution in [0.15, 0.2) is 27.4 Å². The lowest BCUT2D eigenvalue weighted by Gasteiger charge is -2.15. The third-order valence-corrected chi connectivity index (χ3v) is 4.27. The average molecular weight is 345 g/mol. The topological polar surface area (TPSA) is 106 Å². The molecule has 0 aliphatic heterocycles. The molecule has 1 aliphatic carbocycles. The number of rotatable bonds is 6. The number of hydrogen-bond acceptors (Lipinski definition) is 5. The van der Waals surface area contributed by atoms with Crippen molar-refractivity contribution < 1.29 is 23.8 Å². The molecule has 1 aromatic heterocycles. The molecule has 25 heavy (non-hydrogen) atoms. The van der Waals surface area contributed by atoms with E-state index in [9.17, 15) is 14.4 Å². The van der Waals surface area contributed by atoms with Crippen LogP contribution in [0.25, 0.3) is 11.0 Å². The van der Waals surface area contributed by atoms with E-state index in [1.54, 1.807) is 19.1 Å². The maximum Gasteiger partial charge on any atom is 0.339 e. The number of nitrogens with one attached hydrogen (secondary N) is 1. The standard InChI is InChI=1S/C18H19NO6/c1-10(17(22)19-8-7-16(20)21)24-11-5-6-13-12-3-2-4-14(12)18(23)25-15(13)9-11/h5-6,9-10H,2-4,7-8H2,1H3,(H,19,22)(H,20,21). The molecular weight excluding hydrogens is 326 g/mol. The van der Waals surface area contributed by atoms with Crippen LogP contribution in [0.2, 0.25) is 0 Å². The lowest BCUT2D eigenvalue weighted by molar-refractivity contribution is -0.137. The highest BCUT2D eigenvalue weighted by atomic mass is 16.5. The summed E-state index contributed by atoms with van der Waals surface area (Å²) in [5.41, 5.74) is 1.93. The summed E-state index contributed by atoms with van der Waals surface area (Å²) in [5.74, 6) is -0.975. The molecule has 2 aromatic rings. The molecule has 0 fully saturated rings. The van der Waals surface area contributed by atoms with Crippen LogP contribution in [-0.2, 0) is 22.4 Å². The number of carboxylic acid groups (broad SMARTS) is 1. The van der Waals surface area contributed by atoms with E-state index in [1.807, 2.05) is 6.07 Å². The van der Waals surface area contributed by atoms with E-state index < -0.39 is 18.0 Å². The Morgan fingerprint density at radius 2 is 2.08 bits per heavy atom. The van der Waals surface area contributed by atoms with Crippen LogP contribution in [0, 0.1) is 0 Å². The molecule has 2 N–H and O–H groups in total. The summed E-state index contributed by atoms with van der Waals surface area (Å²) in [4.78, 5) is 34.4. The van der Waals surface area contributed by atoms with E-state index in [0.29, 0.717) is 11.3 Å². The fraction of sp³-hybridized carbons (Fsp3) is 0.389. The summed E-state index contributed by atoms with van der Waals surface area (Å²) in [6, 6.07) is 5.19. The van der Waals surface area contributed by atoms with Gasteiger partial charge in [-0.25, -0.2) is 4.79 Å². The molecule has 1 amide bonds. The SMILES string of the molecule is CC(Oc1ccc2c3c(c(=O)oc2c1)CCC3)C(=O)NCCC(=O)O. The van der Waals surface area contributed by atoms with Crippen molar-refractivity contribution in [2.24, 2.45) is 0 Å². The van der Waals surface area contributed by atoms with Gasteiger partial charge in [-0.3, -0.25) is 9.59 Å². The monoisotopic (exact) mass is 345 g/mol. The number of benzene rings is 1. The van der Waals surface area contributed by atoms with Crippen molar-refractivity contribution in [1.29, 1.82) is 0 Å². The molecule has 0 spiro atoms. The highest BCUT2D eigenvalue weighted by Gasteiger charge is 2.20. The number of aryl methyl sites for hydroxylation is 1. The van der Waals surface area contributed by atoms with E-state index in [2.05, 4.69) is 5.32 Å². The van der Waals surface area contributed by atoms with Crippen molar-refractivity contribution in [3.05, 3.63) is 39.7 Å². The predicted octanol–water partition coefficient (Wildman–Crippen LogP) is 1.64. The largest absolute Gasteiger partial charge is 0.481 e. The number of carbonyl (C=O) groups is 2. The predicted molar refractivity (Wildman–Crippen MR) is 89.9 cm³/mol. The Morgan fingerprint density at radius 1 is 1.32 bits per heavy atom. The maximum atomic E-state index is 12.0. The minimum absolute atomic E-state index is 0.0423. The molecule has 132 valence electrons. The van der Waals surface area contributed by atoms with Gasteiger partial charge in [0.25, 0.3) is 5.91 Å². The molecule has 0 saturated carbocycles. The molecular formula is C18H19NO6. The van der Waals surface area contributed by atoms with Gasteiger partial charge in [-0.1, -0.05) is 0 Å². The van der Waals surface area contributed by atoms with Gasteiger partial charge in [0.1, 0.15) is 11.3 Å². The van der Waals surface area contributed by atoms with E-state index in [0.717, 1.165) is 35.8 Å². The number of carboxylic acids is 1. The molecule has 7 heteroatoms. The summed E-state index contributed by atoms with van der Waals surface area (Å²) < 4.78 is 11.0. The maximum absolute atomic E-state index is 12.0. The van der Waals surface area contributed by atoms with Gasteiger partial charge in [0.05, 0.1) is 6.42 Å². The number of ether oxygens (including phenoxy) is 1. The van der Waals surface area contributed by atoms with E-state index in [-0.39, 0.29) is 18.6 Å². The third kappa shape index (κ3) is 3.65. The Bertz CT molecular complexity index is 885. The Morgan fingerprint density at radius 3 is 2.84 bits per heavy atom. The van der Waals surface area contributed by atoms with E-state index >= 15 is 0 Å². The first-order valence-corrected chi connectivity index (χ1v) is 8.20. The Balaban J connectivity index is 1.74. The van der Waals surface area contributed by atoms with Crippen LogP contribution in [-0.4, -0.2) is 29.6 Å². The van der Waals surface area contributed by atoms with Gasteiger partial charge >= 0.3 is 11.6 Å². The second-order valence-electron chi connectivity index (χ2n) is 6.05. The third-order valence-electron chi connectivity index (χ3n) is 4.27. The van der Waals surface area contributed by atoms with Crippen molar-refractivity contribution in [2.45, 2.75) is 38.7 Å². The summed E-state index contributed by atoms with van der Waals surface area (Å²) in [7, 11) is 0. The van der Waals surface area contributed by atoms with Crippen LogP contribution in [0.4, 0.5) is 0 Å². The van der Waals surface area contributed by atoms with E-state index in [4.69, 9.17) is 14.3 Å². The number of carbonyl (C=O) groups excluding carboxylic acids is 1. The quantitative estimate of drug-likeness (QED) is 0.771. The van der Waals surface area contributed by atoms with Gasteiger partial charge in [-0.2, -0.15) is 0 Å². The van der Waals surface area contributed by atoms with Crippen molar-refractivity contribution in [2.75, 3.05) is 6.54 Å². The molecule has 1 atom stereocenters. The number of amides is 1. The lowest BCUT2D eigenvalue weighted by Crippen LogP contribution is -2.37. The van der Waals surface area contributed by atoms with Gasteiger partial charge < -0.3 is 19.6 Å². The van der Waals surface area contributed by atoms with Gasteiger partial charge in [-0.15, -0.1) is 0 Å². The second-order valence-corrected chi connectivity index (χ2v) is 6.05. The first kappa shape index (κ1) is 17.0. The van der Waals surface area contributed by atoms with Crippen LogP contribution in [0.3, 0.4) is 0 Å². The first-order valence-electron chi connectivity index (χ1n) is 8.20. The number of fused-ring (bicyclic) bond motifs is 3. The summed E-state index contributed by atoms with van der Waals surface area (Å²) >= 11 is 0. The Hall–Kier alpha value is -2.83. The van der Waals surface area contributed by atoms with Crippen LogP contribution >= 0.6 is 0 Å². The highest BCUT2D eigenvalue weighted by molar-refractivity contribution is 5.84. The molecule has 1 heterocycles. The molecule has 0 radical (unpaired) electrons. The highest BCUT2D eigenvalue weighted by Crippen LogP contribution is 2.29. The van der Waals surface area contributed by atoms with Gasteiger partial charge in [-0.05, 0) is 43.9 Å². The van der Waals surface area contributed by atoms with Crippen LogP contribution in [0.5, 0.6) is 5.75 Å². The van der Waals surface area contributed by atoms with Crippen molar-refractivity contribution in [1.82, 2.24) is 5.32 Å². The van der Waals surface area contributed by atoms with Crippen molar-refractivity contribution >= 4 is 22.8 Å². The molecule has 0 bridgehead atoms. The zero-order valence-corrected chi connectivity index (χ0v) is 13.8. The fourth-order valence-corrected chi connectivity index (χ4v) is 3.03. The molecule has 1 unspecified atom stereocenters. The molecule has 0 saturated heterocycles. The zero-order chi connectivity index (χ0) is 18.0. The van der Waals surface area contributed by atoms with Gasteiger partial charge in [0.2, 0.25) is 0 Å². The normalized spacial score (nSPS) is 14.1.